The summed E-state index contributed by atoms with van der Waals surface area (Å²) in [5, 5.41) is 12.2. The molecule has 0 bridgehead atoms. The molecule has 1 atom stereocenters. The Morgan fingerprint density at radius 2 is 1.90 bits per heavy atom. The number of nitrogens with one attached hydrogen (secondary N) is 1. The van der Waals surface area contributed by atoms with Crippen molar-refractivity contribution in [3.05, 3.63) is 29.8 Å². The van der Waals surface area contributed by atoms with E-state index in [4.69, 9.17) is 10.5 Å². The van der Waals surface area contributed by atoms with Crippen LogP contribution in [0, 0.1) is 0 Å². The fourth-order valence-electron chi connectivity index (χ4n) is 2.16. The number of hydrogen-bond donors (Lipinski definition) is 3. The molecule has 0 radical (unpaired) electrons. The van der Waals surface area contributed by atoms with Crippen LogP contribution in [0.25, 0.3) is 0 Å². The molecule has 0 aliphatic heterocycles. The summed E-state index contributed by atoms with van der Waals surface area (Å²) in [5.74, 6) is 0.200. The lowest BCUT2D eigenvalue weighted by atomic mass is 9.98. The lowest BCUT2D eigenvalue weighted by Crippen LogP contribution is -2.46. The molecular weight excluding hydrogens is 256 g/mol. The number of alkyl carbamates (subject to hydrolysis) is 1. The van der Waals surface area contributed by atoms with E-state index in [0.29, 0.717) is 0 Å². The van der Waals surface area contributed by atoms with Gasteiger partial charge in [0.15, 0.2) is 0 Å². The number of phenols is 1. The summed E-state index contributed by atoms with van der Waals surface area (Å²) in [6.45, 7) is 5.48. The maximum absolute atomic E-state index is 11.9. The Balaban J connectivity index is 2.04. The first-order valence-electron chi connectivity index (χ1n) is 6.78. The van der Waals surface area contributed by atoms with Gasteiger partial charge in [-0.25, -0.2) is 4.79 Å². The van der Waals surface area contributed by atoms with Crippen molar-refractivity contribution >= 4 is 6.09 Å². The molecule has 5 heteroatoms. The summed E-state index contributed by atoms with van der Waals surface area (Å²) in [4.78, 5) is 11.9. The smallest absolute Gasteiger partial charge is 0.408 e. The van der Waals surface area contributed by atoms with Crippen LogP contribution >= 0.6 is 0 Å². The van der Waals surface area contributed by atoms with E-state index >= 15 is 0 Å². The van der Waals surface area contributed by atoms with Gasteiger partial charge in [0.05, 0.1) is 11.6 Å². The summed E-state index contributed by atoms with van der Waals surface area (Å²) in [5.41, 5.74) is 6.17. The number of rotatable bonds is 3. The van der Waals surface area contributed by atoms with Crippen LogP contribution in [-0.2, 0) is 4.74 Å². The van der Waals surface area contributed by atoms with E-state index in [-0.39, 0.29) is 11.8 Å². The number of amides is 1. The summed E-state index contributed by atoms with van der Waals surface area (Å²) >= 11 is 0. The maximum atomic E-state index is 11.9. The van der Waals surface area contributed by atoms with Crippen molar-refractivity contribution in [1.82, 2.24) is 5.32 Å². The van der Waals surface area contributed by atoms with E-state index in [2.05, 4.69) is 5.32 Å². The Hall–Kier alpha value is -1.75. The van der Waals surface area contributed by atoms with Crippen molar-refractivity contribution in [1.29, 1.82) is 0 Å². The molecule has 1 saturated carbocycles. The third-order valence-electron chi connectivity index (χ3n) is 3.39. The number of hydrogen-bond acceptors (Lipinski definition) is 4. The van der Waals surface area contributed by atoms with Gasteiger partial charge in [0, 0.05) is 0 Å². The second-order valence-corrected chi connectivity index (χ2v) is 6.35. The van der Waals surface area contributed by atoms with Gasteiger partial charge in [-0.1, -0.05) is 12.1 Å². The average Bonchev–Trinajstić information content (AvgIpc) is 3.07. The molecular formula is C15H22N2O3. The van der Waals surface area contributed by atoms with Crippen LogP contribution in [0.5, 0.6) is 5.75 Å². The van der Waals surface area contributed by atoms with Gasteiger partial charge in [-0.15, -0.1) is 0 Å². The molecule has 1 amide bonds. The Bertz CT molecular complexity index is 487. The molecule has 110 valence electrons. The highest BCUT2D eigenvalue weighted by Crippen LogP contribution is 2.45. The van der Waals surface area contributed by atoms with E-state index in [1.54, 1.807) is 24.3 Å². The van der Waals surface area contributed by atoms with Crippen LogP contribution in [0.1, 0.15) is 45.2 Å². The molecule has 0 spiro atoms. The van der Waals surface area contributed by atoms with Crippen LogP contribution < -0.4 is 11.1 Å². The molecule has 1 aromatic rings. The molecule has 1 unspecified atom stereocenters. The molecule has 1 aliphatic rings. The highest BCUT2D eigenvalue weighted by molar-refractivity contribution is 5.69. The van der Waals surface area contributed by atoms with Gasteiger partial charge in [-0.2, -0.15) is 0 Å². The van der Waals surface area contributed by atoms with Crippen molar-refractivity contribution in [3.63, 3.8) is 0 Å². The largest absolute Gasteiger partial charge is 0.508 e. The van der Waals surface area contributed by atoms with Crippen molar-refractivity contribution in [2.45, 2.75) is 50.8 Å². The molecule has 1 aliphatic carbocycles. The topological polar surface area (TPSA) is 84.6 Å². The Labute approximate surface area is 119 Å². The minimum Gasteiger partial charge on any atom is -0.508 e. The van der Waals surface area contributed by atoms with Crippen molar-refractivity contribution in [2.24, 2.45) is 5.73 Å². The van der Waals surface area contributed by atoms with Crippen LogP contribution in [0.4, 0.5) is 4.79 Å². The van der Waals surface area contributed by atoms with Crippen LogP contribution in [0.2, 0.25) is 0 Å². The van der Waals surface area contributed by atoms with Gasteiger partial charge in [0.25, 0.3) is 0 Å². The lowest BCUT2D eigenvalue weighted by Gasteiger charge is -2.27. The summed E-state index contributed by atoms with van der Waals surface area (Å²) in [7, 11) is 0. The van der Waals surface area contributed by atoms with E-state index in [0.717, 1.165) is 18.4 Å². The molecule has 2 rings (SSSR count). The first-order valence-corrected chi connectivity index (χ1v) is 6.78. The summed E-state index contributed by atoms with van der Waals surface area (Å²) < 4.78 is 5.27. The predicted molar refractivity (Wildman–Crippen MR) is 76.4 cm³/mol. The normalized spacial score (nSPS) is 18.2. The monoisotopic (exact) mass is 278 g/mol. The highest BCUT2D eigenvalue weighted by atomic mass is 16.6. The number of phenolic OH excluding ortho intramolecular Hbond substituents is 1. The third-order valence-corrected chi connectivity index (χ3v) is 3.39. The number of carbonyl (C=O) groups excluding carboxylic acids is 1. The first kappa shape index (κ1) is 14.7. The lowest BCUT2D eigenvalue weighted by molar-refractivity contribution is 0.0487. The molecule has 5 nitrogen and oxygen atoms in total. The van der Waals surface area contributed by atoms with E-state index in [9.17, 15) is 9.90 Å². The fourth-order valence-corrected chi connectivity index (χ4v) is 2.16. The minimum absolute atomic E-state index is 0.200. The van der Waals surface area contributed by atoms with Crippen LogP contribution in [0.3, 0.4) is 0 Å². The number of ether oxygens (including phenoxy) is 1. The van der Waals surface area contributed by atoms with Gasteiger partial charge in [0.2, 0.25) is 0 Å². The quantitative estimate of drug-likeness (QED) is 0.793. The molecule has 1 aromatic carbocycles. The summed E-state index contributed by atoms with van der Waals surface area (Å²) in [6, 6.07) is 6.43. The number of nitrogens with two attached hydrogens (primary N) is 1. The molecule has 4 N–H and O–H groups in total. The van der Waals surface area contributed by atoms with Gasteiger partial charge in [0.1, 0.15) is 11.4 Å². The Morgan fingerprint density at radius 1 is 1.35 bits per heavy atom. The Morgan fingerprint density at radius 3 is 2.35 bits per heavy atom. The van der Waals surface area contributed by atoms with Crippen molar-refractivity contribution in [2.75, 3.05) is 0 Å². The van der Waals surface area contributed by atoms with Gasteiger partial charge in [-0.3, -0.25) is 0 Å². The zero-order chi connectivity index (χ0) is 15.0. The van der Waals surface area contributed by atoms with Crippen molar-refractivity contribution in [3.8, 4) is 5.75 Å². The molecule has 1 fully saturated rings. The third kappa shape index (κ3) is 3.42. The predicted octanol–water partition coefficient (Wildman–Crippen LogP) is 2.45. The first-order chi connectivity index (χ1) is 9.22. The van der Waals surface area contributed by atoms with Crippen LogP contribution in [0.15, 0.2) is 24.3 Å². The highest BCUT2D eigenvalue weighted by Gasteiger charge is 2.50. The second kappa shape index (κ2) is 4.98. The maximum Gasteiger partial charge on any atom is 0.408 e. The van der Waals surface area contributed by atoms with Gasteiger partial charge < -0.3 is 20.9 Å². The van der Waals surface area contributed by atoms with E-state index in [1.165, 1.54) is 0 Å². The van der Waals surface area contributed by atoms with Crippen LogP contribution in [-0.4, -0.2) is 22.3 Å². The zero-order valence-corrected chi connectivity index (χ0v) is 12.1. The van der Waals surface area contributed by atoms with E-state index < -0.39 is 17.2 Å². The fraction of sp³-hybridized carbons (Fsp3) is 0.533. The van der Waals surface area contributed by atoms with Crippen molar-refractivity contribution < 1.29 is 14.6 Å². The second-order valence-electron chi connectivity index (χ2n) is 6.35. The number of carbonyl (C=O) groups is 1. The number of aromatic hydroxyl groups is 1. The zero-order valence-electron chi connectivity index (χ0n) is 12.1. The van der Waals surface area contributed by atoms with E-state index in [1.807, 2.05) is 20.8 Å². The molecule has 0 aromatic heterocycles. The standard InChI is InChI=1S/C15H22N2O3/c1-14(2,3)20-13(19)17-15(8-9-15)12(16)10-4-6-11(18)7-5-10/h4-7,12,18H,8-9,16H2,1-3H3,(H,17,19). The molecule has 0 heterocycles. The molecule has 0 saturated heterocycles. The average molecular weight is 278 g/mol. The minimum atomic E-state index is -0.525. The summed E-state index contributed by atoms with van der Waals surface area (Å²) in [6.07, 6.45) is 1.21. The van der Waals surface area contributed by atoms with Gasteiger partial charge >= 0.3 is 6.09 Å². The number of benzene rings is 1. The SMILES string of the molecule is CC(C)(C)OC(=O)NC1(C(N)c2ccc(O)cc2)CC1. The molecule has 20 heavy (non-hydrogen) atoms. The van der Waals surface area contributed by atoms with Gasteiger partial charge in [-0.05, 0) is 51.3 Å². The Kier molecular flexibility index (Phi) is 3.65.